The van der Waals surface area contributed by atoms with Crippen molar-refractivity contribution in [1.82, 2.24) is 9.55 Å². The molecule has 102 valence electrons. The van der Waals surface area contributed by atoms with Gasteiger partial charge in [0.25, 0.3) is 0 Å². The zero-order valence-corrected chi connectivity index (χ0v) is 12.2. The monoisotopic (exact) mass is 354 g/mol. The number of benzene rings is 2. The van der Waals surface area contributed by atoms with E-state index >= 15 is 0 Å². The van der Waals surface area contributed by atoms with Crippen molar-refractivity contribution in [3.8, 4) is 17.2 Å². The Morgan fingerprint density at radius 1 is 1.15 bits per heavy atom. The number of imidazole rings is 1. The minimum absolute atomic E-state index is 0.0520. The molecule has 20 heavy (non-hydrogen) atoms. The second kappa shape index (κ2) is 4.57. The molecular weight excluding hydrogens is 348 g/mol. The van der Waals surface area contributed by atoms with E-state index in [9.17, 15) is 15.0 Å². The molecule has 0 fully saturated rings. The molecule has 7 heteroatoms. The Bertz CT molecular complexity index is 885. The van der Waals surface area contributed by atoms with Gasteiger partial charge in [0.2, 0.25) is 0 Å². The van der Waals surface area contributed by atoms with Gasteiger partial charge in [-0.1, -0.05) is 27.5 Å². The lowest BCUT2D eigenvalue weighted by atomic mass is 10.2. The standard InChI is InChI=1S/C13H8BrClN2O3/c14-6-1-2-9-8(3-6)16-13(20)17(9)10-4-7(15)11(18)5-12(10)19/h1-5,18-19H,(H,16,20). The number of aromatic nitrogens is 2. The van der Waals surface area contributed by atoms with Crippen LogP contribution in [0.15, 0.2) is 39.6 Å². The van der Waals surface area contributed by atoms with Gasteiger partial charge in [-0.2, -0.15) is 0 Å². The number of nitrogens with zero attached hydrogens (tertiary/aromatic N) is 1. The summed E-state index contributed by atoms with van der Waals surface area (Å²) in [6.07, 6.45) is 0. The van der Waals surface area contributed by atoms with E-state index in [1.807, 2.05) is 0 Å². The Kier molecular flexibility index (Phi) is 2.99. The molecule has 5 nitrogen and oxygen atoms in total. The lowest BCUT2D eigenvalue weighted by Crippen LogP contribution is -2.14. The van der Waals surface area contributed by atoms with E-state index in [1.54, 1.807) is 18.2 Å². The molecule has 0 spiro atoms. The van der Waals surface area contributed by atoms with E-state index in [1.165, 1.54) is 10.6 Å². The van der Waals surface area contributed by atoms with Gasteiger partial charge in [-0.15, -0.1) is 0 Å². The lowest BCUT2D eigenvalue weighted by molar-refractivity contribution is 0.449. The highest BCUT2D eigenvalue weighted by Crippen LogP contribution is 2.34. The molecule has 1 aromatic heterocycles. The van der Waals surface area contributed by atoms with Gasteiger partial charge in [0.1, 0.15) is 11.5 Å². The van der Waals surface area contributed by atoms with Crippen LogP contribution in [0.2, 0.25) is 5.02 Å². The quantitative estimate of drug-likeness (QED) is 0.627. The summed E-state index contributed by atoms with van der Waals surface area (Å²) in [5.41, 5.74) is 1.00. The van der Waals surface area contributed by atoms with Gasteiger partial charge in [0.05, 0.1) is 21.7 Å². The third-order valence-corrected chi connectivity index (χ3v) is 3.73. The van der Waals surface area contributed by atoms with Gasteiger partial charge in [0, 0.05) is 10.5 Å². The summed E-state index contributed by atoms with van der Waals surface area (Å²) in [6.45, 7) is 0. The van der Waals surface area contributed by atoms with Crippen LogP contribution in [0.5, 0.6) is 11.5 Å². The van der Waals surface area contributed by atoms with Crippen LogP contribution in [-0.2, 0) is 0 Å². The first-order valence-electron chi connectivity index (χ1n) is 5.59. The molecule has 0 unspecified atom stereocenters. The zero-order valence-electron chi connectivity index (χ0n) is 9.89. The number of phenolic OH excluding ortho intramolecular Hbond substituents is 2. The fraction of sp³-hybridized carbons (Fsp3) is 0. The topological polar surface area (TPSA) is 78.2 Å². The average molecular weight is 356 g/mol. The maximum absolute atomic E-state index is 12.1. The van der Waals surface area contributed by atoms with E-state index < -0.39 is 5.69 Å². The van der Waals surface area contributed by atoms with Crippen LogP contribution in [-0.4, -0.2) is 19.8 Å². The summed E-state index contributed by atoms with van der Waals surface area (Å²) in [7, 11) is 0. The Morgan fingerprint density at radius 3 is 2.65 bits per heavy atom. The Balaban J connectivity index is 2.38. The molecule has 3 aromatic rings. The smallest absolute Gasteiger partial charge is 0.331 e. The average Bonchev–Trinajstić information content (AvgIpc) is 2.69. The normalized spacial score (nSPS) is 11.1. The van der Waals surface area contributed by atoms with Crippen LogP contribution in [0.3, 0.4) is 0 Å². The molecule has 0 atom stereocenters. The fourth-order valence-corrected chi connectivity index (χ4v) is 2.56. The summed E-state index contributed by atoms with van der Waals surface area (Å²) < 4.78 is 2.12. The predicted molar refractivity (Wildman–Crippen MR) is 79.9 cm³/mol. The molecule has 0 saturated carbocycles. The largest absolute Gasteiger partial charge is 0.506 e. The second-order valence-electron chi connectivity index (χ2n) is 4.22. The SMILES string of the molecule is O=c1[nH]c2cc(Br)ccc2n1-c1cc(Cl)c(O)cc1O. The number of phenols is 2. The van der Waals surface area contributed by atoms with Crippen LogP contribution in [0.25, 0.3) is 16.7 Å². The first kappa shape index (κ1) is 13.1. The molecule has 1 heterocycles. The molecule has 0 saturated heterocycles. The number of aromatic hydroxyl groups is 2. The highest BCUT2D eigenvalue weighted by atomic mass is 79.9. The fourth-order valence-electron chi connectivity index (χ4n) is 2.04. The van der Waals surface area contributed by atoms with Gasteiger partial charge in [-0.05, 0) is 24.3 Å². The number of hydrogen-bond acceptors (Lipinski definition) is 3. The number of nitrogens with one attached hydrogen (secondary N) is 1. The molecule has 0 radical (unpaired) electrons. The molecule has 3 N–H and O–H groups in total. The van der Waals surface area contributed by atoms with Crippen molar-refractivity contribution in [2.45, 2.75) is 0 Å². The van der Waals surface area contributed by atoms with Crippen molar-refractivity contribution in [3.05, 3.63) is 50.3 Å². The summed E-state index contributed by atoms with van der Waals surface area (Å²) in [5, 5.41) is 19.4. The van der Waals surface area contributed by atoms with Crippen LogP contribution >= 0.6 is 27.5 Å². The van der Waals surface area contributed by atoms with Crippen LogP contribution in [0, 0.1) is 0 Å². The van der Waals surface area contributed by atoms with Crippen molar-refractivity contribution in [2.75, 3.05) is 0 Å². The van der Waals surface area contributed by atoms with Crippen LogP contribution in [0.1, 0.15) is 0 Å². The van der Waals surface area contributed by atoms with Crippen LogP contribution in [0.4, 0.5) is 0 Å². The zero-order chi connectivity index (χ0) is 14.4. The van der Waals surface area contributed by atoms with Crippen LogP contribution < -0.4 is 5.69 Å². The molecule has 0 bridgehead atoms. The molecule has 0 aliphatic rings. The molecule has 0 aliphatic heterocycles. The van der Waals surface area contributed by atoms with Gasteiger partial charge >= 0.3 is 5.69 Å². The maximum atomic E-state index is 12.1. The van der Waals surface area contributed by atoms with Crippen molar-refractivity contribution in [1.29, 1.82) is 0 Å². The predicted octanol–water partition coefficient (Wildman–Crippen LogP) is 3.15. The van der Waals surface area contributed by atoms with E-state index in [2.05, 4.69) is 20.9 Å². The van der Waals surface area contributed by atoms with Gasteiger partial charge < -0.3 is 15.2 Å². The number of fused-ring (bicyclic) bond motifs is 1. The molecular formula is C13H8BrClN2O3. The maximum Gasteiger partial charge on any atom is 0.331 e. The first-order chi connectivity index (χ1) is 9.47. The number of rotatable bonds is 1. The van der Waals surface area contributed by atoms with Gasteiger partial charge in [-0.3, -0.25) is 4.57 Å². The Labute approximate surface area is 126 Å². The number of hydrogen-bond donors (Lipinski definition) is 3. The Hall–Kier alpha value is -1.92. The van der Waals surface area contributed by atoms with Crippen molar-refractivity contribution in [3.63, 3.8) is 0 Å². The first-order valence-corrected chi connectivity index (χ1v) is 6.76. The molecule has 0 amide bonds. The molecule has 0 aliphatic carbocycles. The van der Waals surface area contributed by atoms with E-state index in [0.717, 1.165) is 10.5 Å². The van der Waals surface area contributed by atoms with Crippen molar-refractivity contribution in [2.24, 2.45) is 0 Å². The second-order valence-corrected chi connectivity index (χ2v) is 5.54. The Morgan fingerprint density at radius 2 is 1.90 bits per heavy atom. The summed E-state index contributed by atoms with van der Waals surface area (Å²) in [4.78, 5) is 14.8. The van der Waals surface area contributed by atoms with E-state index in [-0.39, 0.29) is 22.2 Å². The minimum Gasteiger partial charge on any atom is -0.506 e. The highest BCUT2D eigenvalue weighted by Gasteiger charge is 2.14. The third kappa shape index (κ3) is 1.97. The summed E-state index contributed by atoms with van der Waals surface area (Å²) in [5.74, 6) is -0.485. The minimum atomic E-state index is -0.407. The van der Waals surface area contributed by atoms with Crippen molar-refractivity contribution >= 4 is 38.6 Å². The molecule has 3 rings (SSSR count). The lowest BCUT2D eigenvalue weighted by Gasteiger charge is -2.08. The van der Waals surface area contributed by atoms with Crippen molar-refractivity contribution < 1.29 is 10.2 Å². The highest BCUT2D eigenvalue weighted by molar-refractivity contribution is 9.10. The summed E-state index contributed by atoms with van der Waals surface area (Å²) in [6, 6.07) is 7.71. The van der Waals surface area contributed by atoms with Gasteiger partial charge in [0.15, 0.2) is 0 Å². The van der Waals surface area contributed by atoms with E-state index in [4.69, 9.17) is 11.6 Å². The third-order valence-electron chi connectivity index (χ3n) is 2.93. The van der Waals surface area contributed by atoms with E-state index in [0.29, 0.717) is 11.0 Å². The number of halogens is 2. The molecule has 2 aromatic carbocycles. The number of H-pyrrole nitrogens is 1. The van der Waals surface area contributed by atoms with Gasteiger partial charge in [-0.25, -0.2) is 4.79 Å². The number of aromatic amines is 1. The summed E-state index contributed by atoms with van der Waals surface area (Å²) >= 11 is 9.16.